The van der Waals surface area contributed by atoms with E-state index in [1.165, 1.54) is 27.4 Å². The second-order valence-electron chi connectivity index (χ2n) is 5.00. The summed E-state index contributed by atoms with van der Waals surface area (Å²) in [6.45, 7) is 0. The smallest absolute Gasteiger partial charge is 0.204 e. The van der Waals surface area contributed by atoms with Crippen molar-refractivity contribution in [2.45, 2.75) is 0 Å². The summed E-state index contributed by atoms with van der Waals surface area (Å²) in [5.74, 6) is 1.55. The lowest BCUT2D eigenvalue weighted by Crippen LogP contribution is -2.05. The Balaban J connectivity index is 2.32. The van der Waals surface area contributed by atoms with E-state index >= 15 is 0 Å². The predicted molar refractivity (Wildman–Crippen MR) is 95.3 cm³/mol. The number of hydrogen-bond acceptors (Lipinski definition) is 5. The maximum atomic E-state index is 12.6. The highest BCUT2D eigenvalue weighted by Gasteiger charge is 2.20. The molecule has 0 fully saturated rings. The minimum absolute atomic E-state index is 0.216. The summed E-state index contributed by atoms with van der Waals surface area (Å²) < 4.78 is 22.9. The van der Waals surface area contributed by atoms with Crippen LogP contribution in [0.15, 0.2) is 50.1 Å². The minimum Gasteiger partial charge on any atom is -0.493 e. The van der Waals surface area contributed by atoms with Crippen molar-refractivity contribution in [2.75, 3.05) is 21.3 Å². The molecule has 6 heteroatoms. The Bertz CT molecular complexity index is 944. The Kier molecular flexibility index (Phi) is 4.49. The van der Waals surface area contributed by atoms with Gasteiger partial charge in [0.15, 0.2) is 16.9 Å². The number of hydrogen-bond donors (Lipinski definition) is 0. The van der Waals surface area contributed by atoms with Crippen molar-refractivity contribution in [3.05, 3.63) is 51.1 Å². The quantitative estimate of drug-likeness (QED) is 0.666. The Hall–Kier alpha value is -2.47. The fourth-order valence-electron chi connectivity index (χ4n) is 2.54. The van der Waals surface area contributed by atoms with Crippen LogP contribution in [0, 0.1) is 0 Å². The lowest BCUT2D eigenvalue weighted by atomic mass is 10.1. The molecule has 0 bridgehead atoms. The number of halogens is 1. The van der Waals surface area contributed by atoms with Gasteiger partial charge < -0.3 is 18.6 Å². The van der Waals surface area contributed by atoms with E-state index < -0.39 is 0 Å². The molecule has 0 radical (unpaired) electrons. The SMILES string of the molecule is COc1cc2oc(-c3ccc(Br)cc3)cc(=O)c2c(OC)c1OC. The lowest BCUT2D eigenvalue weighted by molar-refractivity contribution is 0.326. The zero-order valence-corrected chi connectivity index (χ0v) is 15.0. The molecule has 0 aliphatic carbocycles. The van der Waals surface area contributed by atoms with Crippen LogP contribution >= 0.6 is 15.9 Å². The summed E-state index contributed by atoms with van der Waals surface area (Å²) in [5, 5.41) is 0.316. The molecule has 0 saturated carbocycles. The molecule has 0 saturated heterocycles. The normalized spacial score (nSPS) is 10.7. The van der Waals surface area contributed by atoms with Crippen LogP contribution in [0.5, 0.6) is 17.2 Å². The topological polar surface area (TPSA) is 57.9 Å². The van der Waals surface area contributed by atoms with Crippen LogP contribution in [-0.2, 0) is 0 Å². The maximum Gasteiger partial charge on any atom is 0.204 e. The first kappa shape index (κ1) is 16.4. The van der Waals surface area contributed by atoms with Crippen molar-refractivity contribution in [3.8, 4) is 28.6 Å². The third kappa shape index (κ3) is 2.73. The zero-order valence-electron chi connectivity index (χ0n) is 13.4. The van der Waals surface area contributed by atoms with Crippen LogP contribution in [0.1, 0.15) is 0 Å². The van der Waals surface area contributed by atoms with Gasteiger partial charge in [-0.1, -0.05) is 28.1 Å². The number of ether oxygens (including phenoxy) is 3. The predicted octanol–water partition coefficient (Wildman–Crippen LogP) is 4.25. The Morgan fingerprint density at radius 3 is 2.17 bits per heavy atom. The first-order chi connectivity index (χ1) is 11.6. The monoisotopic (exact) mass is 390 g/mol. The minimum atomic E-state index is -0.216. The van der Waals surface area contributed by atoms with Crippen LogP contribution in [-0.4, -0.2) is 21.3 Å². The van der Waals surface area contributed by atoms with Crippen molar-refractivity contribution in [2.24, 2.45) is 0 Å². The van der Waals surface area contributed by atoms with Gasteiger partial charge in [-0.3, -0.25) is 4.79 Å². The summed E-state index contributed by atoms with van der Waals surface area (Å²) >= 11 is 3.39. The molecule has 124 valence electrons. The number of methoxy groups -OCH3 is 3. The zero-order chi connectivity index (χ0) is 17.3. The molecule has 3 rings (SSSR count). The molecule has 1 aromatic heterocycles. The van der Waals surface area contributed by atoms with E-state index in [1.807, 2.05) is 24.3 Å². The van der Waals surface area contributed by atoms with Crippen LogP contribution in [0.4, 0.5) is 0 Å². The standard InChI is InChI=1S/C18H15BrO5/c1-21-15-9-14-16(18(23-3)17(15)22-2)12(20)8-13(24-14)10-4-6-11(19)7-5-10/h4-9H,1-3H3. The van der Waals surface area contributed by atoms with Crippen molar-refractivity contribution in [1.29, 1.82) is 0 Å². The second-order valence-corrected chi connectivity index (χ2v) is 5.92. The fraction of sp³-hybridized carbons (Fsp3) is 0.167. The Labute approximate surface area is 146 Å². The lowest BCUT2D eigenvalue weighted by Gasteiger charge is -2.14. The first-order valence-corrected chi connectivity index (χ1v) is 7.91. The number of rotatable bonds is 4. The van der Waals surface area contributed by atoms with E-state index in [9.17, 15) is 4.79 Å². The molecule has 3 aromatic rings. The van der Waals surface area contributed by atoms with Gasteiger partial charge in [0.1, 0.15) is 16.7 Å². The van der Waals surface area contributed by atoms with E-state index in [0.717, 1.165) is 10.0 Å². The van der Waals surface area contributed by atoms with Crippen LogP contribution < -0.4 is 19.6 Å². The van der Waals surface area contributed by atoms with E-state index in [4.69, 9.17) is 18.6 Å². The van der Waals surface area contributed by atoms with E-state index in [1.54, 1.807) is 6.07 Å². The maximum absolute atomic E-state index is 12.6. The van der Waals surface area contributed by atoms with Gasteiger partial charge in [-0.2, -0.15) is 0 Å². The van der Waals surface area contributed by atoms with Gasteiger partial charge in [0, 0.05) is 22.2 Å². The largest absolute Gasteiger partial charge is 0.493 e. The average molecular weight is 391 g/mol. The van der Waals surface area contributed by atoms with Crippen molar-refractivity contribution in [3.63, 3.8) is 0 Å². The van der Waals surface area contributed by atoms with E-state index in [-0.39, 0.29) is 5.43 Å². The molecule has 0 amide bonds. The summed E-state index contributed by atoms with van der Waals surface area (Å²) in [5.41, 5.74) is 0.952. The van der Waals surface area contributed by atoms with E-state index in [2.05, 4.69) is 15.9 Å². The molecule has 2 aromatic carbocycles. The molecule has 0 aliphatic heterocycles. The van der Waals surface area contributed by atoms with E-state index in [0.29, 0.717) is 34.0 Å². The Morgan fingerprint density at radius 2 is 1.58 bits per heavy atom. The first-order valence-electron chi connectivity index (χ1n) is 7.11. The van der Waals surface area contributed by atoms with Crippen molar-refractivity contribution >= 4 is 26.9 Å². The molecular formula is C18H15BrO5. The summed E-state index contributed by atoms with van der Waals surface area (Å²) in [4.78, 5) is 12.6. The van der Waals surface area contributed by atoms with Gasteiger partial charge in [0.05, 0.1) is 21.3 Å². The van der Waals surface area contributed by atoms with Gasteiger partial charge in [0.25, 0.3) is 0 Å². The van der Waals surface area contributed by atoms with Gasteiger partial charge in [-0.15, -0.1) is 0 Å². The van der Waals surface area contributed by atoms with Gasteiger partial charge in [-0.05, 0) is 12.1 Å². The molecule has 0 unspecified atom stereocenters. The van der Waals surface area contributed by atoms with Crippen molar-refractivity contribution in [1.82, 2.24) is 0 Å². The van der Waals surface area contributed by atoms with Crippen LogP contribution in [0.25, 0.3) is 22.3 Å². The number of fused-ring (bicyclic) bond motifs is 1. The molecular weight excluding hydrogens is 376 g/mol. The highest BCUT2D eigenvalue weighted by atomic mass is 79.9. The third-order valence-corrected chi connectivity index (χ3v) is 4.18. The Morgan fingerprint density at radius 1 is 0.917 bits per heavy atom. The summed E-state index contributed by atoms with van der Waals surface area (Å²) in [6, 6.07) is 10.6. The van der Waals surface area contributed by atoms with Gasteiger partial charge in [-0.25, -0.2) is 0 Å². The molecule has 1 heterocycles. The van der Waals surface area contributed by atoms with Gasteiger partial charge in [0.2, 0.25) is 5.75 Å². The highest BCUT2D eigenvalue weighted by Crippen LogP contribution is 2.42. The third-order valence-electron chi connectivity index (χ3n) is 3.65. The van der Waals surface area contributed by atoms with Crippen LogP contribution in [0.3, 0.4) is 0 Å². The molecule has 0 N–H and O–H groups in total. The molecule has 24 heavy (non-hydrogen) atoms. The van der Waals surface area contributed by atoms with Crippen molar-refractivity contribution < 1.29 is 18.6 Å². The summed E-state index contributed by atoms with van der Waals surface area (Å²) in [6.07, 6.45) is 0. The highest BCUT2D eigenvalue weighted by molar-refractivity contribution is 9.10. The van der Waals surface area contributed by atoms with Gasteiger partial charge >= 0.3 is 0 Å². The molecule has 5 nitrogen and oxygen atoms in total. The molecule has 0 spiro atoms. The molecule has 0 atom stereocenters. The average Bonchev–Trinajstić information content (AvgIpc) is 2.60. The van der Waals surface area contributed by atoms with Crippen LogP contribution in [0.2, 0.25) is 0 Å². The number of benzene rings is 2. The fourth-order valence-corrected chi connectivity index (χ4v) is 2.81. The molecule has 0 aliphatic rings. The summed E-state index contributed by atoms with van der Waals surface area (Å²) in [7, 11) is 4.47. The second kappa shape index (κ2) is 6.57.